The van der Waals surface area contributed by atoms with Crippen molar-refractivity contribution in [3.05, 3.63) is 51.6 Å². The Balaban J connectivity index is 2.43. The van der Waals surface area contributed by atoms with Gasteiger partial charge in [-0.3, -0.25) is 9.59 Å². The van der Waals surface area contributed by atoms with Gasteiger partial charge in [-0.1, -0.05) is 23.7 Å². The summed E-state index contributed by atoms with van der Waals surface area (Å²) in [6, 6.07) is 6.91. The van der Waals surface area contributed by atoms with Crippen LogP contribution in [0.2, 0.25) is 5.02 Å². The second-order valence-corrected chi connectivity index (χ2v) is 7.02. The molecule has 0 saturated carbocycles. The zero-order valence-corrected chi connectivity index (χ0v) is 14.6. The zero-order valence-electron chi connectivity index (χ0n) is 13.9. The molecule has 0 aliphatic heterocycles. The average molecular weight is 333 g/mol. The summed E-state index contributed by atoms with van der Waals surface area (Å²) in [5.74, 6) is -0.244. The molecule has 0 aromatic heterocycles. The van der Waals surface area contributed by atoms with Gasteiger partial charge in [0, 0.05) is 27.3 Å². The molecule has 1 aromatic carbocycles. The number of hydrogen-bond donors (Lipinski definition) is 1. The van der Waals surface area contributed by atoms with E-state index in [1.807, 2.05) is 0 Å². The average Bonchev–Trinajstić information content (AvgIpc) is 2.46. The molecule has 1 aliphatic carbocycles. The van der Waals surface area contributed by atoms with Gasteiger partial charge in [-0.25, -0.2) is 0 Å². The van der Waals surface area contributed by atoms with E-state index in [-0.39, 0.29) is 11.6 Å². The lowest BCUT2D eigenvalue weighted by atomic mass is 9.80. The normalized spacial score (nSPS) is 16.4. The van der Waals surface area contributed by atoms with Crippen LogP contribution in [-0.4, -0.2) is 22.3 Å². The molecule has 3 nitrogen and oxygen atoms in total. The molecule has 0 radical (unpaired) electrons. The van der Waals surface area contributed by atoms with E-state index in [4.69, 9.17) is 11.6 Å². The Labute approximate surface area is 141 Å². The van der Waals surface area contributed by atoms with Crippen LogP contribution < -0.4 is 0 Å². The summed E-state index contributed by atoms with van der Waals surface area (Å²) in [7, 11) is 0. The number of ketones is 2. The van der Waals surface area contributed by atoms with Crippen LogP contribution in [0.25, 0.3) is 5.57 Å². The van der Waals surface area contributed by atoms with Crippen molar-refractivity contribution in [1.29, 1.82) is 0 Å². The van der Waals surface area contributed by atoms with Gasteiger partial charge in [0.05, 0.1) is 5.60 Å². The summed E-state index contributed by atoms with van der Waals surface area (Å²) in [6.07, 6.45) is 0.802. The molecule has 1 N–H and O–H groups in total. The first kappa shape index (κ1) is 17.6. The van der Waals surface area contributed by atoms with Gasteiger partial charge in [0.2, 0.25) is 0 Å². The van der Waals surface area contributed by atoms with Crippen molar-refractivity contribution in [2.24, 2.45) is 0 Å². The lowest BCUT2D eigenvalue weighted by molar-refractivity contribution is -0.115. The molecule has 0 heterocycles. The smallest absolute Gasteiger partial charge is 0.190 e. The van der Waals surface area contributed by atoms with Crippen molar-refractivity contribution < 1.29 is 14.7 Å². The number of carbonyl (C=O) groups excluding carboxylic acids is 2. The molecule has 4 heteroatoms. The van der Waals surface area contributed by atoms with E-state index in [1.165, 1.54) is 0 Å². The van der Waals surface area contributed by atoms with Gasteiger partial charge in [0.25, 0.3) is 0 Å². The summed E-state index contributed by atoms with van der Waals surface area (Å²) in [5, 5.41) is 10.5. The Morgan fingerprint density at radius 2 is 1.57 bits per heavy atom. The van der Waals surface area contributed by atoms with Crippen LogP contribution in [0.3, 0.4) is 0 Å². The summed E-state index contributed by atoms with van der Waals surface area (Å²) in [4.78, 5) is 25.4. The summed E-state index contributed by atoms with van der Waals surface area (Å²) in [6.45, 7) is 6.75. The van der Waals surface area contributed by atoms with E-state index in [2.05, 4.69) is 0 Å². The van der Waals surface area contributed by atoms with Crippen molar-refractivity contribution in [1.82, 2.24) is 0 Å². The fraction of sp³-hybridized carbons (Fsp3) is 0.368. The summed E-state index contributed by atoms with van der Waals surface area (Å²) in [5.41, 5.74) is 1.68. The van der Waals surface area contributed by atoms with Crippen molar-refractivity contribution in [3.8, 4) is 0 Å². The minimum Gasteiger partial charge on any atom is -0.390 e. The molecule has 1 aromatic rings. The fourth-order valence-electron chi connectivity index (χ4n) is 2.72. The van der Waals surface area contributed by atoms with Gasteiger partial charge >= 0.3 is 0 Å². The standard InChI is InChI=1S/C19H21ClO3/c1-11-15(9-10-19(3,4)23)18(22)16(12(2)17(11)21)13-5-7-14(20)8-6-13/h5-8,23H,9-10H2,1-4H3. The lowest BCUT2D eigenvalue weighted by Gasteiger charge is -2.23. The first-order valence-corrected chi connectivity index (χ1v) is 7.98. The second-order valence-electron chi connectivity index (χ2n) is 6.58. The molecule has 0 unspecified atom stereocenters. The molecule has 23 heavy (non-hydrogen) atoms. The molecule has 122 valence electrons. The number of halogens is 1. The number of allylic oxidation sites excluding steroid dienone is 4. The third-order valence-corrected chi connectivity index (χ3v) is 4.38. The summed E-state index contributed by atoms with van der Waals surface area (Å²) < 4.78 is 0. The highest BCUT2D eigenvalue weighted by atomic mass is 35.5. The van der Waals surface area contributed by atoms with Gasteiger partial charge in [0.15, 0.2) is 11.6 Å². The quantitative estimate of drug-likeness (QED) is 0.843. The Hall–Kier alpha value is -1.71. The summed E-state index contributed by atoms with van der Waals surface area (Å²) >= 11 is 5.90. The fourth-order valence-corrected chi connectivity index (χ4v) is 2.85. The molecule has 0 fully saturated rings. The maximum absolute atomic E-state index is 12.9. The molecule has 0 saturated heterocycles. The van der Waals surface area contributed by atoms with Gasteiger partial charge in [0.1, 0.15) is 0 Å². The van der Waals surface area contributed by atoms with E-state index in [9.17, 15) is 14.7 Å². The van der Waals surface area contributed by atoms with Gasteiger partial charge in [-0.2, -0.15) is 0 Å². The number of rotatable bonds is 4. The van der Waals surface area contributed by atoms with Crippen LogP contribution in [0, 0.1) is 0 Å². The molecule has 1 aliphatic rings. The molecular formula is C19H21ClO3. The predicted molar refractivity (Wildman–Crippen MR) is 92.3 cm³/mol. The number of hydrogen-bond acceptors (Lipinski definition) is 3. The largest absolute Gasteiger partial charge is 0.390 e. The van der Waals surface area contributed by atoms with Gasteiger partial charge in [-0.05, 0) is 58.2 Å². The van der Waals surface area contributed by atoms with Gasteiger partial charge < -0.3 is 5.11 Å². The molecule has 0 bridgehead atoms. The van der Waals surface area contributed by atoms with Crippen LogP contribution >= 0.6 is 11.6 Å². The van der Waals surface area contributed by atoms with Crippen LogP contribution in [0.4, 0.5) is 0 Å². The van der Waals surface area contributed by atoms with Gasteiger partial charge in [-0.15, -0.1) is 0 Å². The highest BCUT2D eigenvalue weighted by Crippen LogP contribution is 2.34. The number of aliphatic hydroxyl groups is 1. The highest BCUT2D eigenvalue weighted by molar-refractivity contribution is 6.39. The third kappa shape index (κ3) is 3.80. The van der Waals surface area contributed by atoms with Crippen molar-refractivity contribution >= 4 is 28.7 Å². The van der Waals surface area contributed by atoms with Crippen molar-refractivity contribution in [2.45, 2.75) is 46.1 Å². The van der Waals surface area contributed by atoms with Crippen LogP contribution in [0.15, 0.2) is 41.0 Å². The highest BCUT2D eigenvalue weighted by Gasteiger charge is 2.31. The predicted octanol–water partition coefficient (Wildman–Crippen LogP) is 4.13. The minimum absolute atomic E-state index is 0.111. The third-order valence-electron chi connectivity index (χ3n) is 4.13. The maximum atomic E-state index is 12.9. The lowest BCUT2D eigenvalue weighted by Crippen LogP contribution is -2.24. The molecular weight excluding hydrogens is 312 g/mol. The van der Waals surface area contributed by atoms with E-state index in [0.717, 1.165) is 0 Å². The Morgan fingerprint density at radius 3 is 2.09 bits per heavy atom. The van der Waals surface area contributed by atoms with Crippen LogP contribution in [0.1, 0.15) is 46.1 Å². The van der Waals surface area contributed by atoms with Crippen molar-refractivity contribution in [2.75, 3.05) is 0 Å². The Bertz CT molecular complexity index is 716. The topological polar surface area (TPSA) is 54.4 Å². The van der Waals surface area contributed by atoms with E-state index in [1.54, 1.807) is 52.0 Å². The van der Waals surface area contributed by atoms with Crippen molar-refractivity contribution in [3.63, 3.8) is 0 Å². The SMILES string of the molecule is CC1=C(CCC(C)(C)O)C(=O)C(c2ccc(Cl)cc2)=C(C)C1=O. The van der Waals surface area contributed by atoms with E-state index >= 15 is 0 Å². The minimum atomic E-state index is -0.882. The Morgan fingerprint density at radius 1 is 1.00 bits per heavy atom. The number of carbonyl (C=O) groups is 2. The first-order valence-electron chi connectivity index (χ1n) is 7.60. The van der Waals surface area contributed by atoms with Crippen LogP contribution in [0.5, 0.6) is 0 Å². The maximum Gasteiger partial charge on any atom is 0.190 e. The number of Topliss-reactive ketones (excluding diaryl/α,β-unsaturated/α-hetero) is 2. The monoisotopic (exact) mass is 332 g/mol. The molecule has 0 spiro atoms. The first-order chi connectivity index (χ1) is 10.6. The van der Waals surface area contributed by atoms with E-state index in [0.29, 0.717) is 45.7 Å². The number of benzene rings is 1. The molecule has 2 rings (SSSR count). The zero-order chi connectivity index (χ0) is 17.4. The Kier molecular flexibility index (Phi) is 4.92. The second kappa shape index (κ2) is 6.42. The molecule has 0 atom stereocenters. The molecule has 0 amide bonds. The van der Waals surface area contributed by atoms with Crippen LogP contribution in [-0.2, 0) is 9.59 Å². The van der Waals surface area contributed by atoms with E-state index < -0.39 is 5.60 Å².